The first-order chi connectivity index (χ1) is 8.87. The van der Waals surface area contributed by atoms with Crippen LogP contribution in [0.5, 0.6) is 0 Å². The molecule has 3 rings (SSSR count). The molecule has 0 bridgehead atoms. The Hall–Kier alpha value is -0.0800. The molecule has 2 saturated heterocycles. The van der Waals surface area contributed by atoms with E-state index in [1.165, 1.54) is 84.0 Å². The number of nitrogens with zero attached hydrogens (tertiary/aromatic N) is 2. The molecule has 2 aliphatic heterocycles. The zero-order valence-corrected chi connectivity index (χ0v) is 12.2. The summed E-state index contributed by atoms with van der Waals surface area (Å²) in [6.07, 6.45) is 13.2. The molecule has 1 unspecified atom stereocenters. The molecule has 0 amide bonds. The summed E-state index contributed by atoms with van der Waals surface area (Å²) in [5.74, 6) is 0. The molecule has 0 aromatic carbocycles. The van der Waals surface area contributed by atoms with Crippen LogP contribution < -0.4 is 0 Å². The van der Waals surface area contributed by atoms with Gasteiger partial charge in [0, 0.05) is 11.6 Å². The van der Waals surface area contributed by atoms with Crippen molar-refractivity contribution in [1.82, 2.24) is 9.80 Å². The topological polar surface area (TPSA) is 6.48 Å². The maximum Gasteiger partial charge on any atom is 0.0364 e. The van der Waals surface area contributed by atoms with Crippen molar-refractivity contribution in [1.29, 1.82) is 0 Å². The second-order valence-corrected chi connectivity index (χ2v) is 6.65. The third kappa shape index (κ3) is 2.12. The van der Waals surface area contributed by atoms with Gasteiger partial charge in [0.25, 0.3) is 0 Å². The molecule has 18 heavy (non-hydrogen) atoms. The Morgan fingerprint density at radius 2 is 1.61 bits per heavy atom. The van der Waals surface area contributed by atoms with Crippen LogP contribution in [0.2, 0.25) is 0 Å². The highest BCUT2D eigenvalue weighted by molar-refractivity contribution is 5.05. The maximum atomic E-state index is 2.91. The Labute approximate surface area is 113 Å². The van der Waals surface area contributed by atoms with E-state index in [0.29, 0.717) is 5.54 Å². The van der Waals surface area contributed by atoms with Gasteiger partial charge in [0.1, 0.15) is 0 Å². The summed E-state index contributed by atoms with van der Waals surface area (Å²) in [5.41, 5.74) is 0.571. The highest BCUT2D eigenvalue weighted by atomic mass is 15.3. The standard InChI is InChI=1S/C16H30N2/c1-2-17-12-8-9-15(17)16(10-4-3-5-11-16)18-13-6-7-14-18/h15H,2-14H2,1H3. The van der Waals surface area contributed by atoms with Crippen LogP contribution in [0.15, 0.2) is 0 Å². The first-order valence-electron chi connectivity index (χ1n) is 8.36. The highest BCUT2D eigenvalue weighted by Crippen LogP contribution is 2.43. The van der Waals surface area contributed by atoms with Gasteiger partial charge in [0.05, 0.1) is 0 Å². The number of rotatable bonds is 3. The van der Waals surface area contributed by atoms with Crippen LogP contribution in [-0.2, 0) is 0 Å². The molecule has 2 heteroatoms. The predicted molar refractivity (Wildman–Crippen MR) is 76.9 cm³/mol. The molecule has 2 nitrogen and oxygen atoms in total. The third-order valence-corrected chi connectivity index (χ3v) is 5.85. The molecule has 0 spiro atoms. The first-order valence-corrected chi connectivity index (χ1v) is 8.36. The molecular formula is C16H30N2. The predicted octanol–water partition coefficient (Wildman–Crippen LogP) is 3.27. The van der Waals surface area contributed by atoms with Crippen molar-refractivity contribution in [2.75, 3.05) is 26.2 Å². The second kappa shape index (κ2) is 5.50. The minimum absolute atomic E-state index is 0.571. The SMILES string of the molecule is CCN1CCCC1C1(N2CCCC2)CCCCC1. The Kier molecular flexibility index (Phi) is 3.95. The highest BCUT2D eigenvalue weighted by Gasteiger charge is 2.48. The Bertz CT molecular complexity index is 264. The summed E-state index contributed by atoms with van der Waals surface area (Å²) >= 11 is 0. The van der Waals surface area contributed by atoms with Crippen molar-refractivity contribution in [3.8, 4) is 0 Å². The molecule has 0 radical (unpaired) electrons. The minimum Gasteiger partial charge on any atom is -0.299 e. The Balaban J connectivity index is 1.83. The lowest BCUT2D eigenvalue weighted by Gasteiger charge is -2.51. The van der Waals surface area contributed by atoms with E-state index < -0.39 is 0 Å². The van der Waals surface area contributed by atoms with Crippen molar-refractivity contribution >= 4 is 0 Å². The number of likely N-dealkylation sites (N-methyl/N-ethyl adjacent to an activating group) is 1. The molecule has 104 valence electrons. The minimum atomic E-state index is 0.571. The summed E-state index contributed by atoms with van der Waals surface area (Å²) < 4.78 is 0. The molecule has 1 atom stereocenters. The fraction of sp³-hybridized carbons (Fsp3) is 1.00. The monoisotopic (exact) mass is 250 g/mol. The van der Waals surface area contributed by atoms with E-state index in [1.807, 2.05) is 0 Å². The second-order valence-electron chi connectivity index (χ2n) is 6.65. The van der Waals surface area contributed by atoms with E-state index in [0.717, 1.165) is 6.04 Å². The van der Waals surface area contributed by atoms with E-state index in [1.54, 1.807) is 0 Å². The molecule has 2 heterocycles. The summed E-state index contributed by atoms with van der Waals surface area (Å²) in [5, 5.41) is 0. The Morgan fingerprint density at radius 1 is 0.889 bits per heavy atom. The van der Waals surface area contributed by atoms with E-state index in [-0.39, 0.29) is 0 Å². The van der Waals surface area contributed by atoms with Gasteiger partial charge < -0.3 is 0 Å². The fourth-order valence-electron chi connectivity index (χ4n) is 5.00. The number of likely N-dealkylation sites (tertiary alicyclic amines) is 2. The summed E-state index contributed by atoms with van der Waals surface area (Å²) in [4.78, 5) is 5.70. The molecule has 0 aromatic heterocycles. The van der Waals surface area contributed by atoms with Crippen LogP contribution in [0.4, 0.5) is 0 Å². The van der Waals surface area contributed by atoms with Crippen LogP contribution in [0, 0.1) is 0 Å². The lowest BCUT2D eigenvalue weighted by Crippen LogP contribution is -2.60. The zero-order valence-electron chi connectivity index (χ0n) is 12.2. The van der Waals surface area contributed by atoms with Crippen molar-refractivity contribution in [2.45, 2.75) is 76.3 Å². The van der Waals surface area contributed by atoms with Gasteiger partial charge in [0.2, 0.25) is 0 Å². The number of hydrogen-bond donors (Lipinski definition) is 0. The first kappa shape index (κ1) is 12.9. The average molecular weight is 250 g/mol. The van der Waals surface area contributed by atoms with Gasteiger partial charge in [-0.15, -0.1) is 0 Å². The van der Waals surface area contributed by atoms with E-state index in [4.69, 9.17) is 0 Å². The summed E-state index contributed by atoms with van der Waals surface area (Å²) in [6, 6.07) is 0.876. The van der Waals surface area contributed by atoms with Gasteiger partial charge in [-0.25, -0.2) is 0 Å². The van der Waals surface area contributed by atoms with Crippen LogP contribution in [-0.4, -0.2) is 47.6 Å². The lowest BCUT2D eigenvalue weighted by atomic mass is 9.74. The van der Waals surface area contributed by atoms with Crippen molar-refractivity contribution in [3.63, 3.8) is 0 Å². The van der Waals surface area contributed by atoms with Gasteiger partial charge >= 0.3 is 0 Å². The summed E-state index contributed by atoms with van der Waals surface area (Å²) in [6.45, 7) is 7.75. The maximum absolute atomic E-state index is 2.91. The van der Waals surface area contributed by atoms with Gasteiger partial charge in [0.15, 0.2) is 0 Å². The molecule has 3 aliphatic rings. The normalized spacial score (nSPS) is 34.2. The lowest BCUT2D eigenvalue weighted by molar-refractivity contribution is -0.00109. The van der Waals surface area contributed by atoms with Crippen molar-refractivity contribution < 1.29 is 0 Å². The Morgan fingerprint density at radius 3 is 2.28 bits per heavy atom. The number of hydrogen-bond acceptors (Lipinski definition) is 2. The van der Waals surface area contributed by atoms with Gasteiger partial charge in [-0.2, -0.15) is 0 Å². The third-order valence-electron chi connectivity index (χ3n) is 5.85. The molecule has 0 aromatic rings. The molecule has 1 aliphatic carbocycles. The molecular weight excluding hydrogens is 220 g/mol. The van der Waals surface area contributed by atoms with Crippen LogP contribution >= 0.6 is 0 Å². The van der Waals surface area contributed by atoms with Crippen LogP contribution in [0.3, 0.4) is 0 Å². The van der Waals surface area contributed by atoms with E-state index in [9.17, 15) is 0 Å². The zero-order chi connectivity index (χ0) is 12.4. The molecule has 3 fully saturated rings. The average Bonchev–Trinajstić information content (AvgIpc) is 3.11. The van der Waals surface area contributed by atoms with E-state index >= 15 is 0 Å². The summed E-state index contributed by atoms with van der Waals surface area (Å²) in [7, 11) is 0. The van der Waals surface area contributed by atoms with Crippen molar-refractivity contribution in [3.05, 3.63) is 0 Å². The van der Waals surface area contributed by atoms with Crippen molar-refractivity contribution in [2.24, 2.45) is 0 Å². The molecule has 1 saturated carbocycles. The quantitative estimate of drug-likeness (QED) is 0.758. The van der Waals surface area contributed by atoms with Crippen LogP contribution in [0.1, 0.15) is 64.7 Å². The van der Waals surface area contributed by atoms with Gasteiger partial charge in [-0.1, -0.05) is 26.2 Å². The van der Waals surface area contributed by atoms with Crippen LogP contribution in [0.25, 0.3) is 0 Å². The smallest absolute Gasteiger partial charge is 0.0364 e. The van der Waals surface area contributed by atoms with E-state index in [2.05, 4.69) is 16.7 Å². The van der Waals surface area contributed by atoms with Gasteiger partial charge in [-0.05, 0) is 64.7 Å². The van der Waals surface area contributed by atoms with Gasteiger partial charge in [-0.3, -0.25) is 9.80 Å². The molecule has 0 N–H and O–H groups in total. The fourth-order valence-corrected chi connectivity index (χ4v) is 5.00. The largest absolute Gasteiger partial charge is 0.299 e.